The molecule has 0 aromatic heterocycles. The highest BCUT2D eigenvalue weighted by molar-refractivity contribution is 9.10. The summed E-state index contributed by atoms with van der Waals surface area (Å²) in [7, 11) is 0. The van der Waals surface area contributed by atoms with E-state index in [2.05, 4.69) is 21.2 Å². The molecule has 0 aliphatic rings. The Morgan fingerprint density at radius 1 is 1.23 bits per heavy atom. The Morgan fingerprint density at radius 2 is 1.95 bits per heavy atom. The van der Waals surface area contributed by atoms with E-state index in [1.54, 1.807) is 18.2 Å². The SMILES string of the molecule is Cc1cc(C)c(OCC(=O)Nc2ccc(Cl)cc2Cl)c(Br)c1. The summed E-state index contributed by atoms with van der Waals surface area (Å²) in [6.45, 7) is 3.82. The Hall–Kier alpha value is -1.23. The van der Waals surface area contributed by atoms with Crippen LogP contribution in [0.2, 0.25) is 10.0 Å². The third-order valence-corrected chi connectivity index (χ3v) is 4.06. The second-order valence-corrected chi connectivity index (χ2v) is 6.55. The minimum atomic E-state index is -0.295. The number of halogens is 3. The zero-order valence-electron chi connectivity index (χ0n) is 12.0. The van der Waals surface area contributed by atoms with Gasteiger partial charge in [0, 0.05) is 5.02 Å². The molecule has 0 unspecified atom stereocenters. The molecule has 0 radical (unpaired) electrons. The van der Waals surface area contributed by atoms with Crippen molar-refractivity contribution in [3.63, 3.8) is 0 Å². The second kappa shape index (κ2) is 7.36. The van der Waals surface area contributed by atoms with Crippen LogP contribution in [0.3, 0.4) is 0 Å². The summed E-state index contributed by atoms with van der Waals surface area (Å²) in [5.41, 5.74) is 2.58. The fourth-order valence-corrected chi connectivity index (χ4v) is 3.24. The topological polar surface area (TPSA) is 38.3 Å². The quantitative estimate of drug-likeness (QED) is 0.744. The average molecular weight is 403 g/mol. The molecule has 0 bridgehead atoms. The first-order chi connectivity index (χ1) is 10.4. The van der Waals surface area contributed by atoms with E-state index in [1.807, 2.05) is 26.0 Å². The Morgan fingerprint density at radius 3 is 2.59 bits per heavy atom. The lowest BCUT2D eigenvalue weighted by atomic mass is 10.1. The van der Waals surface area contributed by atoms with Crippen LogP contribution < -0.4 is 10.1 Å². The van der Waals surface area contributed by atoms with Crippen molar-refractivity contribution in [2.45, 2.75) is 13.8 Å². The summed E-state index contributed by atoms with van der Waals surface area (Å²) in [6.07, 6.45) is 0. The minimum absolute atomic E-state index is 0.110. The van der Waals surface area contributed by atoms with Crippen LogP contribution in [0.4, 0.5) is 5.69 Å². The van der Waals surface area contributed by atoms with Crippen LogP contribution in [0.1, 0.15) is 11.1 Å². The van der Waals surface area contributed by atoms with Crippen molar-refractivity contribution in [2.75, 3.05) is 11.9 Å². The molecule has 2 rings (SSSR count). The van der Waals surface area contributed by atoms with Crippen LogP contribution in [0.5, 0.6) is 5.75 Å². The highest BCUT2D eigenvalue weighted by atomic mass is 79.9. The zero-order valence-corrected chi connectivity index (χ0v) is 15.1. The molecule has 6 heteroatoms. The lowest BCUT2D eigenvalue weighted by Crippen LogP contribution is -2.20. The molecule has 3 nitrogen and oxygen atoms in total. The van der Waals surface area contributed by atoms with E-state index >= 15 is 0 Å². The second-order valence-electron chi connectivity index (χ2n) is 4.85. The molecule has 22 heavy (non-hydrogen) atoms. The van der Waals surface area contributed by atoms with E-state index < -0.39 is 0 Å². The summed E-state index contributed by atoms with van der Waals surface area (Å²) in [5.74, 6) is 0.360. The Balaban J connectivity index is 2.02. The maximum Gasteiger partial charge on any atom is 0.262 e. The van der Waals surface area contributed by atoms with Gasteiger partial charge in [-0.15, -0.1) is 0 Å². The molecule has 0 aliphatic carbocycles. The van der Waals surface area contributed by atoms with Gasteiger partial charge in [0.1, 0.15) is 5.75 Å². The monoisotopic (exact) mass is 401 g/mol. The van der Waals surface area contributed by atoms with Crippen LogP contribution in [0.25, 0.3) is 0 Å². The Kier molecular flexibility index (Phi) is 5.73. The standard InChI is InChI=1S/C16H14BrCl2NO2/c1-9-5-10(2)16(12(17)6-9)22-8-15(21)20-14-4-3-11(18)7-13(14)19/h3-7H,8H2,1-2H3,(H,20,21). The van der Waals surface area contributed by atoms with Gasteiger partial charge in [0.25, 0.3) is 5.91 Å². The van der Waals surface area contributed by atoms with Crippen molar-refractivity contribution in [3.05, 3.63) is 56.0 Å². The van der Waals surface area contributed by atoms with E-state index in [0.29, 0.717) is 21.5 Å². The van der Waals surface area contributed by atoms with Crippen LogP contribution in [-0.4, -0.2) is 12.5 Å². The summed E-state index contributed by atoms with van der Waals surface area (Å²) in [5, 5.41) is 3.58. The molecule has 0 fully saturated rings. The van der Waals surface area contributed by atoms with Gasteiger partial charge >= 0.3 is 0 Å². The molecule has 0 aliphatic heterocycles. The van der Waals surface area contributed by atoms with Crippen molar-refractivity contribution in [1.82, 2.24) is 0 Å². The lowest BCUT2D eigenvalue weighted by Gasteiger charge is -2.12. The summed E-state index contributed by atoms with van der Waals surface area (Å²) in [4.78, 5) is 12.0. The van der Waals surface area contributed by atoms with Crippen LogP contribution >= 0.6 is 39.1 Å². The largest absolute Gasteiger partial charge is 0.482 e. The molecule has 1 N–H and O–H groups in total. The van der Waals surface area contributed by atoms with E-state index in [1.165, 1.54) is 0 Å². The van der Waals surface area contributed by atoms with Gasteiger partial charge in [-0.05, 0) is 65.2 Å². The summed E-state index contributed by atoms with van der Waals surface area (Å²) < 4.78 is 6.41. The first kappa shape index (κ1) is 17.1. The first-order valence-electron chi connectivity index (χ1n) is 6.51. The smallest absolute Gasteiger partial charge is 0.262 e. The van der Waals surface area contributed by atoms with Gasteiger partial charge in [-0.2, -0.15) is 0 Å². The van der Waals surface area contributed by atoms with Gasteiger partial charge < -0.3 is 10.1 Å². The van der Waals surface area contributed by atoms with Crippen LogP contribution in [0.15, 0.2) is 34.8 Å². The predicted molar refractivity (Wildman–Crippen MR) is 94.2 cm³/mol. The number of rotatable bonds is 4. The molecule has 0 saturated heterocycles. The van der Waals surface area contributed by atoms with Gasteiger partial charge in [-0.25, -0.2) is 0 Å². The minimum Gasteiger partial charge on any atom is -0.482 e. The molecule has 2 aromatic rings. The number of nitrogens with one attached hydrogen (secondary N) is 1. The maximum absolute atomic E-state index is 12.0. The molecule has 0 heterocycles. The van der Waals surface area contributed by atoms with Gasteiger partial charge in [-0.1, -0.05) is 29.3 Å². The van der Waals surface area contributed by atoms with E-state index in [4.69, 9.17) is 27.9 Å². The summed E-state index contributed by atoms with van der Waals surface area (Å²) >= 11 is 15.3. The molecule has 0 atom stereocenters. The van der Waals surface area contributed by atoms with Crippen molar-refractivity contribution >= 4 is 50.7 Å². The predicted octanol–water partition coefficient (Wildman–Crippen LogP) is 5.39. The van der Waals surface area contributed by atoms with Gasteiger partial charge in [0.05, 0.1) is 15.2 Å². The number of anilines is 1. The number of amides is 1. The number of hydrogen-bond acceptors (Lipinski definition) is 2. The van der Waals surface area contributed by atoms with Crippen molar-refractivity contribution in [2.24, 2.45) is 0 Å². The molecular formula is C16H14BrCl2NO2. The fourth-order valence-electron chi connectivity index (χ4n) is 2.00. The van der Waals surface area contributed by atoms with Gasteiger partial charge in [-0.3, -0.25) is 4.79 Å². The van der Waals surface area contributed by atoms with Crippen LogP contribution in [0, 0.1) is 13.8 Å². The number of benzene rings is 2. The Bertz CT molecular complexity index is 696. The van der Waals surface area contributed by atoms with Crippen molar-refractivity contribution in [1.29, 1.82) is 0 Å². The van der Waals surface area contributed by atoms with E-state index in [0.717, 1.165) is 15.6 Å². The van der Waals surface area contributed by atoms with E-state index in [-0.39, 0.29) is 12.5 Å². The maximum atomic E-state index is 12.0. The number of hydrogen-bond donors (Lipinski definition) is 1. The Labute approximate surface area is 147 Å². The van der Waals surface area contributed by atoms with Gasteiger partial charge in [0.2, 0.25) is 0 Å². The first-order valence-corrected chi connectivity index (χ1v) is 8.06. The number of carbonyl (C=O) groups excluding carboxylic acids is 1. The highest BCUT2D eigenvalue weighted by Gasteiger charge is 2.11. The average Bonchev–Trinajstić information content (AvgIpc) is 2.40. The summed E-state index contributed by atoms with van der Waals surface area (Å²) in [6, 6.07) is 8.81. The van der Waals surface area contributed by atoms with Crippen molar-refractivity contribution < 1.29 is 9.53 Å². The third kappa shape index (κ3) is 4.38. The fraction of sp³-hybridized carbons (Fsp3) is 0.188. The van der Waals surface area contributed by atoms with Crippen molar-refractivity contribution in [3.8, 4) is 5.75 Å². The molecule has 1 amide bonds. The molecule has 0 spiro atoms. The lowest BCUT2D eigenvalue weighted by molar-refractivity contribution is -0.118. The van der Waals surface area contributed by atoms with Gasteiger partial charge in [0.15, 0.2) is 6.61 Å². The highest BCUT2D eigenvalue weighted by Crippen LogP contribution is 2.30. The molecular weight excluding hydrogens is 389 g/mol. The molecule has 0 saturated carbocycles. The van der Waals surface area contributed by atoms with E-state index in [9.17, 15) is 4.79 Å². The molecule has 2 aromatic carbocycles. The normalized spacial score (nSPS) is 10.4. The molecule has 116 valence electrons. The zero-order chi connectivity index (χ0) is 16.3. The third-order valence-electron chi connectivity index (χ3n) is 2.93. The number of aryl methyl sites for hydroxylation is 2. The number of ether oxygens (including phenoxy) is 1. The number of carbonyl (C=O) groups is 1. The van der Waals surface area contributed by atoms with Crippen LogP contribution in [-0.2, 0) is 4.79 Å².